The summed E-state index contributed by atoms with van der Waals surface area (Å²) in [5.41, 5.74) is 0.108. The molecule has 0 amide bonds. The molecule has 0 saturated carbocycles. The summed E-state index contributed by atoms with van der Waals surface area (Å²) in [6.07, 6.45) is 0. The normalized spacial score (nSPS) is 12.5. The zero-order valence-corrected chi connectivity index (χ0v) is 12.6. The molecule has 6 aromatic rings. The summed E-state index contributed by atoms with van der Waals surface area (Å²) in [6, 6.07) is 19.4. The fraction of sp³-hybridized carbons (Fsp3) is 0. The van der Waals surface area contributed by atoms with Gasteiger partial charge in [0.2, 0.25) is 0 Å². The van der Waals surface area contributed by atoms with E-state index in [1.165, 1.54) is 0 Å². The van der Waals surface area contributed by atoms with E-state index in [0.717, 1.165) is 43.1 Å². The van der Waals surface area contributed by atoms with Gasteiger partial charge in [0, 0.05) is 43.1 Å². The first kappa shape index (κ1) is 12.2. The summed E-state index contributed by atoms with van der Waals surface area (Å²) in [5.74, 6) is 0. The Morgan fingerprint density at radius 1 is 0.417 bits per heavy atom. The third-order valence-corrected chi connectivity index (χ3v) is 5.32. The molecule has 0 radical (unpaired) electrons. The van der Waals surface area contributed by atoms with Gasteiger partial charge >= 0.3 is 0 Å². The monoisotopic (exact) mass is 306 g/mol. The molecule has 0 aliphatic rings. The Bertz CT molecular complexity index is 1410. The van der Waals surface area contributed by atoms with Gasteiger partial charge in [-0.2, -0.15) is 0 Å². The molecule has 0 N–H and O–H groups in total. The highest BCUT2D eigenvalue weighted by Gasteiger charge is 2.20. The number of rotatable bonds is 0. The smallest absolute Gasteiger partial charge is 0.194 e. The molecule has 0 heterocycles. The van der Waals surface area contributed by atoms with Gasteiger partial charge in [0.1, 0.15) is 0 Å². The lowest BCUT2D eigenvalue weighted by Crippen LogP contribution is -1.95. The molecule has 2 nitrogen and oxygen atoms in total. The number of benzene rings is 3. The van der Waals surface area contributed by atoms with E-state index in [0.29, 0.717) is 10.8 Å². The van der Waals surface area contributed by atoms with Crippen LogP contribution in [0.15, 0.2) is 70.3 Å². The van der Waals surface area contributed by atoms with Gasteiger partial charge in [0.25, 0.3) is 0 Å². The Balaban J connectivity index is 2.23. The Morgan fingerprint density at radius 3 is 1.29 bits per heavy atom. The van der Waals surface area contributed by atoms with Crippen LogP contribution in [0.4, 0.5) is 0 Å². The molecule has 0 aliphatic carbocycles. The predicted octanol–water partition coefficient (Wildman–Crippen LogP) is 4.49. The molecule has 2 heteroatoms. The first-order valence-corrected chi connectivity index (χ1v) is 7.97. The Kier molecular flexibility index (Phi) is 1.93. The fourth-order valence-electron chi connectivity index (χ4n) is 4.32. The highest BCUT2D eigenvalue weighted by molar-refractivity contribution is 6.36. The van der Waals surface area contributed by atoms with Crippen molar-refractivity contribution in [3.05, 3.63) is 81.1 Å². The molecule has 0 bridgehead atoms. The zero-order valence-electron chi connectivity index (χ0n) is 12.6. The minimum atomic E-state index is 0.0540. The van der Waals surface area contributed by atoms with Gasteiger partial charge in [-0.05, 0) is 22.9 Å². The number of hydrogen-bond acceptors (Lipinski definition) is 2. The Hall–Kier alpha value is -3.26. The molecule has 0 saturated heterocycles. The third-order valence-electron chi connectivity index (χ3n) is 5.32. The van der Waals surface area contributed by atoms with E-state index in [1.807, 2.05) is 48.5 Å². The highest BCUT2D eigenvalue weighted by Crippen LogP contribution is 2.39. The molecule has 110 valence electrons. The maximum Gasteiger partial charge on any atom is 0.194 e. The fourth-order valence-corrected chi connectivity index (χ4v) is 4.32. The minimum Gasteiger partial charge on any atom is -0.289 e. The average molecular weight is 306 g/mol. The second-order valence-electron chi connectivity index (χ2n) is 6.44. The van der Waals surface area contributed by atoms with Crippen LogP contribution >= 0.6 is 0 Å². The van der Waals surface area contributed by atoms with E-state index >= 15 is 0 Å². The standard InChI is InChI=1S/C22H10O2/c23-21-13-5-1-3-11-7-8-12-4-2-6-14-18(12)20-16(22(14)24)10-9-15(21)19(20)17(11)13/h1-10H. The summed E-state index contributed by atoms with van der Waals surface area (Å²) >= 11 is 0. The van der Waals surface area contributed by atoms with Crippen LogP contribution < -0.4 is 10.9 Å². The van der Waals surface area contributed by atoms with Crippen molar-refractivity contribution in [3.8, 4) is 0 Å². The first-order valence-electron chi connectivity index (χ1n) is 7.97. The molecule has 0 spiro atoms. The van der Waals surface area contributed by atoms with Crippen LogP contribution in [-0.2, 0) is 0 Å². The van der Waals surface area contributed by atoms with Crippen LogP contribution in [0, 0.1) is 0 Å². The van der Waals surface area contributed by atoms with E-state index in [9.17, 15) is 9.59 Å². The van der Waals surface area contributed by atoms with E-state index in [1.54, 1.807) is 0 Å². The second-order valence-corrected chi connectivity index (χ2v) is 6.44. The molecule has 0 aliphatic heterocycles. The molecule has 0 atom stereocenters. The summed E-state index contributed by atoms with van der Waals surface area (Å²) in [5, 5.41) is 8.78. The molecular formula is C22H10O2. The Labute approximate surface area is 135 Å². The van der Waals surface area contributed by atoms with Gasteiger partial charge in [0.05, 0.1) is 0 Å². The summed E-state index contributed by atoms with van der Waals surface area (Å²) in [6.45, 7) is 0. The second kappa shape index (κ2) is 3.80. The third kappa shape index (κ3) is 1.18. The summed E-state index contributed by atoms with van der Waals surface area (Å²) in [4.78, 5) is 25.7. The quantitative estimate of drug-likeness (QED) is 0.414. The highest BCUT2D eigenvalue weighted by atomic mass is 16.1. The molecule has 0 unspecified atom stereocenters. The molecular weight excluding hydrogens is 296 g/mol. The van der Waals surface area contributed by atoms with Crippen molar-refractivity contribution >= 4 is 53.9 Å². The van der Waals surface area contributed by atoms with Crippen molar-refractivity contribution in [1.82, 2.24) is 0 Å². The predicted molar refractivity (Wildman–Crippen MR) is 100 cm³/mol. The summed E-state index contributed by atoms with van der Waals surface area (Å²) < 4.78 is 0. The lowest BCUT2D eigenvalue weighted by atomic mass is 10.00. The molecule has 0 aromatic heterocycles. The van der Waals surface area contributed by atoms with Gasteiger partial charge in [-0.3, -0.25) is 9.59 Å². The van der Waals surface area contributed by atoms with Crippen molar-refractivity contribution in [2.75, 3.05) is 0 Å². The van der Waals surface area contributed by atoms with E-state index in [4.69, 9.17) is 0 Å². The van der Waals surface area contributed by atoms with Crippen LogP contribution in [0.25, 0.3) is 53.9 Å². The van der Waals surface area contributed by atoms with Gasteiger partial charge in [-0.1, -0.05) is 48.5 Å². The maximum absolute atomic E-state index is 12.9. The Morgan fingerprint density at radius 2 is 0.833 bits per heavy atom. The van der Waals surface area contributed by atoms with Crippen molar-refractivity contribution in [3.63, 3.8) is 0 Å². The van der Waals surface area contributed by atoms with Crippen molar-refractivity contribution < 1.29 is 0 Å². The molecule has 6 rings (SSSR count). The lowest BCUT2D eigenvalue weighted by Gasteiger charge is -2.02. The average Bonchev–Trinajstić information content (AvgIpc) is 3.06. The molecule has 24 heavy (non-hydrogen) atoms. The van der Waals surface area contributed by atoms with Crippen LogP contribution in [0.1, 0.15) is 0 Å². The minimum absolute atomic E-state index is 0.0540. The van der Waals surface area contributed by atoms with Crippen LogP contribution in [-0.4, -0.2) is 0 Å². The van der Waals surface area contributed by atoms with Crippen molar-refractivity contribution in [2.45, 2.75) is 0 Å². The van der Waals surface area contributed by atoms with E-state index in [2.05, 4.69) is 12.1 Å². The molecule has 6 aromatic carbocycles. The number of hydrogen-bond donors (Lipinski definition) is 0. The largest absolute Gasteiger partial charge is 0.289 e. The van der Waals surface area contributed by atoms with E-state index in [-0.39, 0.29) is 10.9 Å². The van der Waals surface area contributed by atoms with Gasteiger partial charge in [-0.15, -0.1) is 0 Å². The van der Waals surface area contributed by atoms with Gasteiger partial charge in [0.15, 0.2) is 10.9 Å². The van der Waals surface area contributed by atoms with Crippen molar-refractivity contribution in [1.29, 1.82) is 0 Å². The van der Waals surface area contributed by atoms with Gasteiger partial charge < -0.3 is 0 Å². The SMILES string of the molecule is O=c1c2cccc3ccc4cccc5c(=O)c6ccc1c(c32)c6c45. The first-order chi connectivity index (χ1) is 11.8. The summed E-state index contributed by atoms with van der Waals surface area (Å²) in [7, 11) is 0. The van der Waals surface area contributed by atoms with Crippen LogP contribution in [0.2, 0.25) is 0 Å². The molecule has 0 fully saturated rings. The lowest BCUT2D eigenvalue weighted by molar-refractivity contribution is 1.80. The topological polar surface area (TPSA) is 34.1 Å². The van der Waals surface area contributed by atoms with E-state index < -0.39 is 0 Å². The maximum atomic E-state index is 12.9. The van der Waals surface area contributed by atoms with Crippen LogP contribution in [0.3, 0.4) is 0 Å². The van der Waals surface area contributed by atoms with Crippen molar-refractivity contribution in [2.24, 2.45) is 0 Å². The van der Waals surface area contributed by atoms with Crippen LogP contribution in [0.5, 0.6) is 0 Å². The van der Waals surface area contributed by atoms with Gasteiger partial charge in [-0.25, -0.2) is 0 Å². The zero-order chi connectivity index (χ0) is 16.0.